The third kappa shape index (κ3) is 8.12. The Morgan fingerprint density at radius 3 is 2.40 bits per heavy atom. The molecule has 0 unspecified atom stereocenters. The number of amides is 1. The van der Waals surface area contributed by atoms with Crippen LogP contribution in [-0.4, -0.2) is 22.0 Å². The topological polar surface area (TPSA) is 40.5 Å². The van der Waals surface area contributed by atoms with Crippen LogP contribution in [0.4, 0.5) is 4.79 Å². The zero-order valence-electron chi connectivity index (χ0n) is 9.53. The number of carbonyl (C=O) groups is 1. The van der Waals surface area contributed by atoms with Crippen molar-refractivity contribution in [3.05, 3.63) is 23.3 Å². The van der Waals surface area contributed by atoms with Crippen LogP contribution >= 0.6 is 12.8 Å². The van der Waals surface area contributed by atoms with Gasteiger partial charge in [-0.3, -0.25) is 4.31 Å². The molecule has 0 aromatic carbocycles. The average molecular weight is 229 g/mol. The number of nitrogens with zero attached hydrogens (tertiary/aromatic N) is 1. The van der Waals surface area contributed by atoms with Gasteiger partial charge in [0.05, 0.1) is 6.54 Å². The molecule has 1 amide bonds. The highest BCUT2D eigenvalue weighted by molar-refractivity contribution is 7.78. The summed E-state index contributed by atoms with van der Waals surface area (Å²) in [5.74, 6) is 0. The number of hydrogen-bond acceptors (Lipinski definition) is 2. The lowest BCUT2D eigenvalue weighted by molar-refractivity contribution is 0.178. The zero-order chi connectivity index (χ0) is 11.8. The second kappa shape index (κ2) is 7.40. The normalized spacial score (nSPS) is 11.1. The molecule has 4 heteroatoms. The summed E-state index contributed by atoms with van der Waals surface area (Å²) in [7, 11) is 0. The summed E-state index contributed by atoms with van der Waals surface area (Å²) in [4.78, 5) is 10.4. The Labute approximate surface area is 97.0 Å². The van der Waals surface area contributed by atoms with E-state index in [9.17, 15) is 4.79 Å². The molecule has 0 saturated carbocycles. The van der Waals surface area contributed by atoms with Crippen molar-refractivity contribution in [2.45, 2.75) is 33.6 Å². The first-order valence-electron chi connectivity index (χ1n) is 4.91. The van der Waals surface area contributed by atoms with Crippen LogP contribution in [-0.2, 0) is 0 Å². The standard InChI is InChI=1S/C11H19NO2S/c1-9(2)5-4-6-10(3)7-8-12(15)11(13)14/h5,7,15H,4,6,8H2,1-3H3,(H,13,14). The molecule has 1 N–H and O–H groups in total. The number of rotatable bonds is 5. The molecule has 0 aliphatic rings. The summed E-state index contributed by atoms with van der Waals surface area (Å²) in [6.45, 7) is 6.47. The first-order chi connectivity index (χ1) is 6.93. The average Bonchev–Trinajstić information content (AvgIpc) is 2.13. The van der Waals surface area contributed by atoms with Gasteiger partial charge in [-0.05, 0) is 33.6 Å². The van der Waals surface area contributed by atoms with Crippen molar-refractivity contribution in [1.29, 1.82) is 0 Å². The molecule has 0 fully saturated rings. The molecular formula is C11H19NO2S. The lowest BCUT2D eigenvalue weighted by atomic mass is 10.1. The van der Waals surface area contributed by atoms with E-state index < -0.39 is 6.09 Å². The van der Waals surface area contributed by atoms with Gasteiger partial charge in [0, 0.05) is 0 Å². The fourth-order valence-corrected chi connectivity index (χ4v) is 1.09. The predicted octanol–water partition coefficient (Wildman–Crippen LogP) is 3.50. The predicted molar refractivity (Wildman–Crippen MR) is 66.1 cm³/mol. The Hall–Kier alpha value is -0.900. The molecule has 0 heterocycles. The van der Waals surface area contributed by atoms with E-state index in [-0.39, 0.29) is 0 Å². The van der Waals surface area contributed by atoms with Crippen LogP contribution in [0.2, 0.25) is 0 Å². The van der Waals surface area contributed by atoms with E-state index in [2.05, 4.69) is 32.7 Å². The molecule has 0 aliphatic carbocycles. The molecule has 0 spiro atoms. The highest BCUT2D eigenvalue weighted by atomic mass is 32.1. The molecule has 0 aliphatic heterocycles. The molecule has 86 valence electrons. The van der Waals surface area contributed by atoms with E-state index in [1.54, 1.807) is 0 Å². The van der Waals surface area contributed by atoms with Crippen LogP contribution in [0, 0.1) is 0 Å². The van der Waals surface area contributed by atoms with Gasteiger partial charge in [-0.2, -0.15) is 0 Å². The zero-order valence-corrected chi connectivity index (χ0v) is 10.4. The maximum atomic E-state index is 10.4. The van der Waals surface area contributed by atoms with E-state index >= 15 is 0 Å². The van der Waals surface area contributed by atoms with Crippen molar-refractivity contribution < 1.29 is 9.90 Å². The van der Waals surface area contributed by atoms with Gasteiger partial charge >= 0.3 is 6.09 Å². The van der Waals surface area contributed by atoms with E-state index in [0.717, 1.165) is 17.1 Å². The summed E-state index contributed by atoms with van der Waals surface area (Å²) in [6.07, 6.45) is 5.01. The maximum Gasteiger partial charge on any atom is 0.417 e. The second-order valence-corrected chi connectivity index (χ2v) is 4.22. The van der Waals surface area contributed by atoms with E-state index in [4.69, 9.17) is 5.11 Å². The molecule has 3 nitrogen and oxygen atoms in total. The minimum atomic E-state index is -1.02. The van der Waals surface area contributed by atoms with Gasteiger partial charge in [0.1, 0.15) is 0 Å². The van der Waals surface area contributed by atoms with Crippen molar-refractivity contribution in [3.63, 3.8) is 0 Å². The van der Waals surface area contributed by atoms with Crippen LogP contribution in [0.15, 0.2) is 23.3 Å². The number of thiol groups is 1. The van der Waals surface area contributed by atoms with Crippen LogP contribution in [0.25, 0.3) is 0 Å². The Morgan fingerprint density at radius 2 is 1.93 bits per heavy atom. The van der Waals surface area contributed by atoms with Gasteiger partial charge in [0.25, 0.3) is 0 Å². The SMILES string of the molecule is CC(C)=CCCC(C)=CCN(S)C(=O)O. The van der Waals surface area contributed by atoms with E-state index in [1.807, 2.05) is 13.0 Å². The van der Waals surface area contributed by atoms with Crippen LogP contribution < -0.4 is 0 Å². The molecule has 0 saturated heterocycles. The Kier molecular flexibility index (Phi) is 6.96. The molecule has 0 aromatic rings. The molecular weight excluding hydrogens is 210 g/mol. The van der Waals surface area contributed by atoms with E-state index in [1.165, 1.54) is 11.1 Å². The van der Waals surface area contributed by atoms with Gasteiger partial charge in [-0.1, -0.05) is 36.1 Å². The number of allylic oxidation sites excluding steroid dienone is 3. The summed E-state index contributed by atoms with van der Waals surface area (Å²) >= 11 is 3.80. The Balaban J connectivity index is 3.89. The largest absolute Gasteiger partial charge is 0.464 e. The van der Waals surface area contributed by atoms with Crippen LogP contribution in [0.5, 0.6) is 0 Å². The molecule has 0 aromatic heterocycles. The fourth-order valence-electron chi connectivity index (χ4n) is 1.01. The van der Waals surface area contributed by atoms with Crippen molar-refractivity contribution in [1.82, 2.24) is 4.31 Å². The molecule has 0 atom stereocenters. The summed E-state index contributed by atoms with van der Waals surface area (Å²) in [5.41, 5.74) is 2.50. The van der Waals surface area contributed by atoms with Crippen molar-refractivity contribution in [2.75, 3.05) is 6.54 Å². The quantitative estimate of drug-likeness (QED) is 0.559. The summed E-state index contributed by atoms with van der Waals surface area (Å²) < 4.78 is 0.963. The minimum Gasteiger partial charge on any atom is -0.464 e. The first-order valence-corrected chi connectivity index (χ1v) is 5.31. The van der Waals surface area contributed by atoms with Crippen molar-refractivity contribution >= 4 is 18.9 Å². The summed E-state index contributed by atoms with van der Waals surface area (Å²) in [6, 6.07) is 0. The molecule has 0 bridgehead atoms. The first kappa shape index (κ1) is 14.1. The van der Waals surface area contributed by atoms with Gasteiger partial charge in [0.2, 0.25) is 0 Å². The second-order valence-electron chi connectivity index (χ2n) is 3.74. The van der Waals surface area contributed by atoms with Crippen molar-refractivity contribution in [3.8, 4) is 0 Å². The van der Waals surface area contributed by atoms with Gasteiger partial charge in [-0.25, -0.2) is 4.79 Å². The van der Waals surface area contributed by atoms with E-state index in [0.29, 0.717) is 6.54 Å². The van der Waals surface area contributed by atoms with Gasteiger partial charge in [0.15, 0.2) is 0 Å². The highest BCUT2D eigenvalue weighted by Crippen LogP contribution is 2.07. The molecule has 0 radical (unpaired) electrons. The monoisotopic (exact) mass is 229 g/mol. The number of carboxylic acid groups (broad SMARTS) is 1. The van der Waals surface area contributed by atoms with Gasteiger partial charge < -0.3 is 5.11 Å². The highest BCUT2D eigenvalue weighted by Gasteiger charge is 2.03. The van der Waals surface area contributed by atoms with Gasteiger partial charge in [-0.15, -0.1) is 0 Å². The minimum absolute atomic E-state index is 0.332. The Bertz CT molecular complexity index is 268. The molecule has 0 rings (SSSR count). The maximum absolute atomic E-state index is 10.4. The third-order valence-corrected chi connectivity index (χ3v) is 2.26. The lowest BCUT2D eigenvalue weighted by Crippen LogP contribution is -2.19. The van der Waals surface area contributed by atoms with Crippen LogP contribution in [0.3, 0.4) is 0 Å². The summed E-state index contributed by atoms with van der Waals surface area (Å²) in [5, 5.41) is 8.55. The lowest BCUT2D eigenvalue weighted by Gasteiger charge is -2.08. The van der Waals surface area contributed by atoms with Crippen molar-refractivity contribution in [2.24, 2.45) is 0 Å². The number of hydrogen-bond donors (Lipinski definition) is 2. The fraction of sp³-hybridized carbons (Fsp3) is 0.545. The van der Waals surface area contributed by atoms with Crippen LogP contribution in [0.1, 0.15) is 33.6 Å². The molecule has 15 heavy (non-hydrogen) atoms. The third-order valence-electron chi connectivity index (χ3n) is 1.92. The smallest absolute Gasteiger partial charge is 0.417 e. The Morgan fingerprint density at radius 1 is 1.33 bits per heavy atom.